The van der Waals surface area contributed by atoms with Crippen LogP contribution < -0.4 is 0 Å². The fourth-order valence-corrected chi connectivity index (χ4v) is 1.41. The molecule has 0 radical (unpaired) electrons. The minimum absolute atomic E-state index is 0.0241. The van der Waals surface area contributed by atoms with Gasteiger partial charge in [-0.3, -0.25) is 0 Å². The van der Waals surface area contributed by atoms with Gasteiger partial charge in [0.25, 0.3) is 0 Å². The fraction of sp³-hybridized carbons (Fsp3) is 0.385. The number of ether oxygens (including phenoxy) is 2. The van der Waals surface area contributed by atoms with E-state index in [1.54, 1.807) is 13.2 Å². The molecule has 0 aliphatic carbocycles. The van der Waals surface area contributed by atoms with E-state index in [4.69, 9.17) is 14.6 Å². The Morgan fingerprint density at radius 1 is 1.25 bits per heavy atom. The van der Waals surface area contributed by atoms with Crippen LogP contribution in [-0.2, 0) is 9.47 Å². The summed E-state index contributed by atoms with van der Waals surface area (Å²) in [6.07, 6.45) is 4.33. The summed E-state index contributed by atoms with van der Waals surface area (Å²) in [6.45, 7) is 0.332. The quantitative estimate of drug-likeness (QED) is 0.568. The van der Waals surface area contributed by atoms with E-state index < -0.39 is 0 Å². The van der Waals surface area contributed by atoms with Gasteiger partial charge >= 0.3 is 0 Å². The third kappa shape index (κ3) is 4.57. The molecule has 3 heteroatoms. The Hall–Kier alpha value is -1.16. The summed E-state index contributed by atoms with van der Waals surface area (Å²) in [6, 6.07) is 9.98. The minimum atomic E-state index is -0.0241. The molecule has 0 heterocycles. The van der Waals surface area contributed by atoms with E-state index in [2.05, 4.69) is 0 Å². The predicted octanol–water partition coefficient (Wildman–Crippen LogP) is 2.29. The summed E-state index contributed by atoms with van der Waals surface area (Å²) < 4.78 is 10.5. The Kier molecular flexibility index (Phi) is 6.49. The van der Waals surface area contributed by atoms with Crippen molar-refractivity contribution in [3.05, 3.63) is 48.0 Å². The lowest BCUT2D eigenvalue weighted by Gasteiger charge is -2.16. The van der Waals surface area contributed by atoms with Gasteiger partial charge in [0, 0.05) is 7.11 Å². The molecule has 88 valence electrons. The molecule has 0 aromatic heterocycles. The highest BCUT2D eigenvalue weighted by atomic mass is 16.7. The fourth-order valence-electron chi connectivity index (χ4n) is 1.41. The van der Waals surface area contributed by atoms with Crippen LogP contribution in [0.25, 0.3) is 0 Å². The lowest BCUT2D eigenvalue weighted by molar-refractivity contribution is -0.0721. The van der Waals surface area contributed by atoms with Gasteiger partial charge in [0.15, 0.2) is 0 Å². The summed E-state index contributed by atoms with van der Waals surface area (Å²) in [5.74, 6) is 0. The van der Waals surface area contributed by atoms with Crippen molar-refractivity contribution in [3.8, 4) is 0 Å². The lowest BCUT2D eigenvalue weighted by Crippen LogP contribution is -2.06. The van der Waals surface area contributed by atoms with Crippen LogP contribution in [0.5, 0.6) is 0 Å². The molecule has 1 aromatic carbocycles. The molecule has 0 aliphatic heterocycles. The van der Waals surface area contributed by atoms with E-state index in [1.807, 2.05) is 36.4 Å². The second-order valence-corrected chi connectivity index (χ2v) is 3.36. The summed E-state index contributed by atoms with van der Waals surface area (Å²) in [4.78, 5) is 0. The largest absolute Gasteiger partial charge is 0.392 e. The van der Waals surface area contributed by atoms with Gasteiger partial charge in [0.05, 0.1) is 12.7 Å². The van der Waals surface area contributed by atoms with Crippen LogP contribution in [0, 0.1) is 0 Å². The predicted molar refractivity (Wildman–Crippen MR) is 63.0 cm³/mol. The topological polar surface area (TPSA) is 38.7 Å². The van der Waals surface area contributed by atoms with Gasteiger partial charge < -0.3 is 14.6 Å². The van der Waals surface area contributed by atoms with Gasteiger partial charge in [-0.1, -0.05) is 42.5 Å². The first-order chi connectivity index (χ1) is 7.88. The second-order valence-electron chi connectivity index (χ2n) is 3.36. The van der Waals surface area contributed by atoms with Crippen LogP contribution in [-0.4, -0.2) is 25.6 Å². The average molecular weight is 222 g/mol. The van der Waals surface area contributed by atoms with E-state index in [-0.39, 0.29) is 19.5 Å². The maximum atomic E-state index is 8.67. The van der Waals surface area contributed by atoms with E-state index in [0.717, 1.165) is 12.0 Å². The van der Waals surface area contributed by atoms with Crippen molar-refractivity contribution in [1.82, 2.24) is 0 Å². The first kappa shape index (κ1) is 12.9. The monoisotopic (exact) mass is 222 g/mol. The maximum absolute atomic E-state index is 8.67. The third-order valence-electron chi connectivity index (χ3n) is 2.18. The lowest BCUT2D eigenvalue weighted by atomic mass is 10.1. The maximum Gasteiger partial charge on any atom is 0.147 e. The molecule has 0 amide bonds. The zero-order valence-electron chi connectivity index (χ0n) is 9.50. The summed E-state index contributed by atoms with van der Waals surface area (Å²) >= 11 is 0. The zero-order chi connectivity index (χ0) is 11.6. The molecule has 1 N–H and O–H groups in total. The number of aliphatic hydroxyl groups excluding tert-OH is 1. The highest BCUT2D eigenvalue weighted by Crippen LogP contribution is 2.21. The van der Waals surface area contributed by atoms with Crippen LogP contribution in [0.15, 0.2) is 42.5 Å². The van der Waals surface area contributed by atoms with Gasteiger partial charge in [-0.15, -0.1) is 0 Å². The zero-order valence-corrected chi connectivity index (χ0v) is 9.50. The van der Waals surface area contributed by atoms with Gasteiger partial charge in [-0.05, 0) is 12.0 Å². The molecular formula is C13H18O3. The van der Waals surface area contributed by atoms with Crippen LogP contribution in [0.2, 0.25) is 0 Å². The van der Waals surface area contributed by atoms with Gasteiger partial charge in [-0.2, -0.15) is 0 Å². The Balaban J connectivity index is 2.59. The first-order valence-corrected chi connectivity index (χ1v) is 5.29. The molecule has 0 unspecified atom stereocenters. The summed E-state index contributed by atoms with van der Waals surface area (Å²) in [5, 5.41) is 8.67. The van der Waals surface area contributed by atoms with Crippen LogP contribution in [0.3, 0.4) is 0 Å². The molecule has 0 saturated heterocycles. The molecule has 0 saturated carbocycles. The van der Waals surface area contributed by atoms with Crippen molar-refractivity contribution < 1.29 is 14.6 Å². The molecular weight excluding hydrogens is 204 g/mol. The smallest absolute Gasteiger partial charge is 0.147 e. The highest BCUT2D eigenvalue weighted by Gasteiger charge is 2.09. The Morgan fingerprint density at radius 3 is 2.62 bits per heavy atom. The normalized spacial score (nSPS) is 13.1. The molecule has 1 aromatic rings. The number of aliphatic hydroxyl groups is 1. The standard InChI is InChI=1S/C13H18O3/c1-15-11-16-13(9-5-6-10-14)12-7-3-2-4-8-12/h2-8,13-14H,9-11H2,1H3/b6-5+/t13-/m1/s1. The van der Waals surface area contributed by atoms with Crippen LogP contribution >= 0.6 is 0 Å². The van der Waals surface area contributed by atoms with Gasteiger partial charge in [0.1, 0.15) is 6.79 Å². The first-order valence-electron chi connectivity index (χ1n) is 5.29. The summed E-state index contributed by atoms with van der Waals surface area (Å²) in [7, 11) is 1.60. The number of benzene rings is 1. The molecule has 0 bridgehead atoms. The molecule has 1 atom stereocenters. The molecule has 0 fully saturated rings. The molecule has 0 spiro atoms. The number of methoxy groups -OCH3 is 1. The van der Waals surface area contributed by atoms with Gasteiger partial charge in [-0.25, -0.2) is 0 Å². The van der Waals surface area contributed by atoms with Gasteiger partial charge in [0.2, 0.25) is 0 Å². The second kappa shape index (κ2) is 8.05. The Bertz CT molecular complexity index is 295. The molecule has 1 rings (SSSR count). The average Bonchev–Trinajstić information content (AvgIpc) is 2.35. The van der Waals surface area contributed by atoms with E-state index in [1.165, 1.54) is 0 Å². The highest BCUT2D eigenvalue weighted by molar-refractivity contribution is 5.18. The van der Waals surface area contributed by atoms with Crippen molar-refractivity contribution in [1.29, 1.82) is 0 Å². The van der Waals surface area contributed by atoms with E-state index in [9.17, 15) is 0 Å². The third-order valence-corrected chi connectivity index (χ3v) is 2.18. The van der Waals surface area contributed by atoms with Crippen molar-refractivity contribution in [2.45, 2.75) is 12.5 Å². The van der Waals surface area contributed by atoms with Crippen molar-refractivity contribution >= 4 is 0 Å². The van der Waals surface area contributed by atoms with E-state index in [0.29, 0.717) is 0 Å². The Labute approximate surface area is 96.3 Å². The van der Waals surface area contributed by atoms with Crippen molar-refractivity contribution in [2.75, 3.05) is 20.5 Å². The summed E-state index contributed by atoms with van der Waals surface area (Å²) in [5.41, 5.74) is 1.11. The van der Waals surface area contributed by atoms with E-state index >= 15 is 0 Å². The van der Waals surface area contributed by atoms with Crippen LogP contribution in [0.4, 0.5) is 0 Å². The number of hydrogen-bond acceptors (Lipinski definition) is 3. The molecule has 16 heavy (non-hydrogen) atoms. The van der Waals surface area contributed by atoms with Crippen LogP contribution in [0.1, 0.15) is 18.1 Å². The number of hydrogen-bond donors (Lipinski definition) is 1. The minimum Gasteiger partial charge on any atom is -0.392 e. The number of rotatable bonds is 7. The SMILES string of the molecule is COCO[C@H](C/C=C/CO)c1ccccc1. The molecule has 3 nitrogen and oxygen atoms in total. The van der Waals surface area contributed by atoms with Crippen molar-refractivity contribution in [2.24, 2.45) is 0 Å². The Morgan fingerprint density at radius 2 is 2.00 bits per heavy atom. The van der Waals surface area contributed by atoms with Crippen molar-refractivity contribution in [3.63, 3.8) is 0 Å². The molecule has 0 aliphatic rings.